The number of halogens is 2. The highest BCUT2D eigenvalue weighted by molar-refractivity contribution is 7.80. The van der Waals surface area contributed by atoms with E-state index >= 15 is 0 Å². The van der Waals surface area contributed by atoms with Gasteiger partial charge < -0.3 is 10.1 Å². The van der Waals surface area contributed by atoms with Gasteiger partial charge in [0.1, 0.15) is 12.4 Å². The smallest absolute Gasteiger partial charge is 0.186 e. The van der Waals surface area contributed by atoms with Crippen LogP contribution in [0.1, 0.15) is 18.1 Å². The summed E-state index contributed by atoms with van der Waals surface area (Å²) in [5.74, 6) is 0.698. The van der Waals surface area contributed by atoms with Crippen LogP contribution >= 0.6 is 35.4 Å². The van der Waals surface area contributed by atoms with E-state index in [9.17, 15) is 0 Å². The molecule has 0 amide bonds. The molecular formula is C17H17Cl2N3OS. The van der Waals surface area contributed by atoms with E-state index in [1.165, 1.54) is 0 Å². The summed E-state index contributed by atoms with van der Waals surface area (Å²) in [5, 5.41) is 8.67. The molecule has 0 atom stereocenters. The molecule has 0 saturated heterocycles. The second-order valence-electron chi connectivity index (χ2n) is 4.79. The van der Waals surface area contributed by atoms with Gasteiger partial charge >= 0.3 is 0 Å². The zero-order valence-corrected chi connectivity index (χ0v) is 15.4. The molecule has 0 unspecified atom stereocenters. The third-order valence-corrected chi connectivity index (χ3v) is 3.96. The summed E-state index contributed by atoms with van der Waals surface area (Å²) in [6, 6.07) is 12.9. The van der Waals surface area contributed by atoms with Crippen molar-refractivity contribution < 1.29 is 4.74 Å². The number of rotatable bonds is 6. The Kier molecular flexibility index (Phi) is 7.31. The van der Waals surface area contributed by atoms with Crippen molar-refractivity contribution in [1.82, 2.24) is 10.7 Å². The largest absolute Gasteiger partial charge is 0.489 e. The van der Waals surface area contributed by atoms with Gasteiger partial charge in [0.05, 0.1) is 6.21 Å². The molecule has 0 saturated carbocycles. The standard InChI is InChI=1S/C17H17Cl2N3OS/c1-2-20-17(24)22-21-10-12-5-3-6-13(9-12)23-11-14-15(18)7-4-8-16(14)19/h3-10H,2,11H2,1H3,(H2,20,22,24). The van der Waals surface area contributed by atoms with Gasteiger partial charge in [-0.1, -0.05) is 41.4 Å². The van der Waals surface area contributed by atoms with Gasteiger partial charge in [-0.15, -0.1) is 0 Å². The minimum absolute atomic E-state index is 0.294. The maximum absolute atomic E-state index is 6.14. The van der Waals surface area contributed by atoms with Gasteiger partial charge in [0, 0.05) is 22.2 Å². The Morgan fingerprint density at radius 1 is 1.21 bits per heavy atom. The Labute approximate surface area is 156 Å². The first-order chi connectivity index (χ1) is 11.6. The molecule has 0 heterocycles. The van der Waals surface area contributed by atoms with E-state index in [1.54, 1.807) is 24.4 Å². The van der Waals surface area contributed by atoms with Crippen LogP contribution in [-0.2, 0) is 6.61 Å². The van der Waals surface area contributed by atoms with Gasteiger partial charge in [0.2, 0.25) is 0 Å². The van der Waals surface area contributed by atoms with E-state index in [4.69, 9.17) is 40.2 Å². The van der Waals surface area contributed by atoms with Crippen LogP contribution in [0.3, 0.4) is 0 Å². The number of benzene rings is 2. The number of hydrogen-bond acceptors (Lipinski definition) is 3. The molecule has 0 aliphatic heterocycles. The fourth-order valence-electron chi connectivity index (χ4n) is 1.88. The Morgan fingerprint density at radius 2 is 1.92 bits per heavy atom. The molecule has 0 aliphatic rings. The lowest BCUT2D eigenvalue weighted by Gasteiger charge is -2.10. The van der Waals surface area contributed by atoms with Crippen molar-refractivity contribution in [3.05, 3.63) is 63.6 Å². The molecule has 7 heteroatoms. The first kappa shape index (κ1) is 18.5. The molecule has 0 fully saturated rings. The van der Waals surface area contributed by atoms with E-state index in [0.29, 0.717) is 27.5 Å². The molecule has 0 bridgehead atoms. The summed E-state index contributed by atoms with van der Waals surface area (Å²) in [5.41, 5.74) is 4.38. The molecule has 4 nitrogen and oxygen atoms in total. The van der Waals surface area contributed by atoms with Crippen LogP contribution in [0.15, 0.2) is 47.6 Å². The fraction of sp³-hybridized carbons (Fsp3) is 0.176. The predicted molar refractivity (Wildman–Crippen MR) is 104 cm³/mol. The van der Waals surface area contributed by atoms with Crippen molar-refractivity contribution >= 4 is 46.7 Å². The molecule has 2 N–H and O–H groups in total. The van der Waals surface area contributed by atoms with Crippen molar-refractivity contribution in [2.24, 2.45) is 5.10 Å². The van der Waals surface area contributed by atoms with Gasteiger partial charge in [-0.2, -0.15) is 5.10 Å². The number of thiocarbonyl (C=S) groups is 1. The molecule has 0 aromatic heterocycles. The van der Waals surface area contributed by atoms with Crippen LogP contribution in [0.5, 0.6) is 5.75 Å². The average Bonchev–Trinajstić information content (AvgIpc) is 2.55. The van der Waals surface area contributed by atoms with Gasteiger partial charge in [-0.3, -0.25) is 5.43 Å². The van der Waals surface area contributed by atoms with E-state index in [2.05, 4.69) is 15.8 Å². The van der Waals surface area contributed by atoms with Crippen molar-refractivity contribution in [2.75, 3.05) is 6.54 Å². The van der Waals surface area contributed by atoms with Crippen molar-refractivity contribution in [3.8, 4) is 5.75 Å². The Morgan fingerprint density at radius 3 is 2.62 bits per heavy atom. The summed E-state index contributed by atoms with van der Waals surface area (Å²) >= 11 is 17.3. The van der Waals surface area contributed by atoms with E-state index in [-0.39, 0.29) is 0 Å². The monoisotopic (exact) mass is 381 g/mol. The lowest BCUT2D eigenvalue weighted by Crippen LogP contribution is -2.31. The highest BCUT2D eigenvalue weighted by Gasteiger charge is 2.06. The summed E-state index contributed by atoms with van der Waals surface area (Å²) in [6.07, 6.45) is 1.67. The highest BCUT2D eigenvalue weighted by Crippen LogP contribution is 2.25. The number of nitrogens with zero attached hydrogens (tertiary/aromatic N) is 1. The second-order valence-corrected chi connectivity index (χ2v) is 6.01. The predicted octanol–water partition coefficient (Wildman–Crippen LogP) is 4.39. The summed E-state index contributed by atoms with van der Waals surface area (Å²) in [4.78, 5) is 0. The van der Waals surface area contributed by atoms with Crippen LogP contribution < -0.4 is 15.5 Å². The minimum atomic E-state index is 0.294. The third-order valence-electron chi connectivity index (χ3n) is 3.02. The average molecular weight is 382 g/mol. The Balaban J connectivity index is 1.98. The molecule has 0 spiro atoms. The van der Waals surface area contributed by atoms with E-state index < -0.39 is 0 Å². The normalized spacial score (nSPS) is 10.6. The molecule has 2 rings (SSSR count). The summed E-state index contributed by atoms with van der Waals surface area (Å²) in [7, 11) is 0. The van der Waals surface area contributed by atoms with Crippen molar-refractivity contribution in [3.63, 3.8) is 0 Å². The zero-order chi connectivity index (χ0) is 17.4. The van der Waals surface area contributed by atoms with Crippen LogP contribution in [0.2, 0.25) is 10.0 Å². The van der Waals surface area contributed by atoms with Crippen molar-refractivity contribution in [1.29, 1.82) is 0 Å². The molecule has 126 valence electrons. The molecule has 2 aromatic rings. The number of nitrogens with one attached hydrogen (secondary N) is 2. The van der Waals surface area contributed by atoms with Gasteiger partial charge in [0.25, 0.3) is 0 Å². The quantitative estimate of drug-likeness (QED) is 0.442. The SMILES string of the molecule is CCNC(=S)NN=Cc1cccc(OCc2c(Cl)cccc2Cl)c1. The maximum Gasteiger partial charge on any atom is 0.186 e. The highest BCUT2D eigenvalue weighted by atomic mass is 35.5. The second kappa shape index (κ2) is 9.47. The first-order valence-corrected chi connectivity index (χ1v) is 8.49. The summed E-state index contributed by atoms with van der Waals surface area (Å²) in [6.45, 7) is 3.00. The number of hydrogen-bond donors (Lipinski definition) is 2. The Bertz CT molecular complexity index is 717. The molecule has 0 radical (unpaired) electrons. The topological polar surface area (TPSA) is 45.7 Å². The van der Waals surface area contributed by atoms with Gasteiger partial charge in [-0.05, 0) is 49.0 Å². The van der Waals surface area contributed by atoms with Crippen LogP contribution in [-0.4, -0.2) is 17.9 Å². The van der Waals surface area contributed by atoms with Crippen molar-refractivity contribution in [2.45, 2.75) is 13.5 Å². The van der Waals surface area contributed by atoms with Crippen LogP contribution in [0.25, 0.3) is 0 Å². The molecular weight excluding hydrogens is 365 g/mol. The fourth-order valence-corrected chi connectivity index (χ4v) is 2.58. The number of ether oxygens (including phenoxy) is 1. The molecule has 24 heavy (non-hydrogen) atoms. The maximum atomic E-state index is 6.14. The zero-order valence-electron chi connectivity index (χ0n) is 13.1. The third kappa shape index (κ3) is 5.67. The molecule has 0 aliphatic carbocycles. The van der Waals surface area contributed by atoms with E-state index in [1.807, 2.05) is 31.2 Å². The van der Waals surface area contributed by atoms with Crippen LogP contribution in [0, 0.1) is 0 Å². The summed E-state index contributed by atoms with van der Waals surface area (Å²) < 4.78 is 5.77. The molecule has 2 aromatic carbocycles. The van der Waals surface area contributed by atoms with Gasteiger partial charge in [0.15, 0.2) is 5.11 Å². The van der Waals surface area contributed by atoms with E-state index in [0.717, 1.165) is 17.7 Å². The minimum Gasteiger partial charge on any atom is -0.489 e. The number of hydrazone groups is 1. The van der Waals surface area contributed by atoms with Crippen LogP contribution in [0.4, 0.5) is 0 Å². The lowest BCUT2D eigenvalue weighted by molar-refractivity contribution is 0.306. The first-order valence-electron chi connectivity index (χ1n) is 7.32. The Hall–Kier alpha value is -1.82. The lowest BCUT2D eigenvalue weighted by atomic mass is 10.2. The van der Waals surface area contributed by atoms with Gasteiger partial charge in [-0.25, -0.2) is 0 Å².